The van der Waals surface area contributed by atoms with Gasteiger partial charge in [-0.3, -0.25) is 4.79 Å². The summed E-state index contributed by atoms with van der Waals surface area (Å²) in [5.74, 6) is 2.38. The van der Waals surface area contributed by atoms with Crippen LogP contribution < -0.4 is 5.73 Å². The zero-order chi connectivity index (χ0) is 16.2. The highest BCUT2D eigenvalue weighted by Gasteiger charge is 2.23. The summed E-state index contributed by atoms with van der Waals surface area (Å²) in [7, 11) is 0. The molecule has 1 aromatic heterocycles. The van der Waals surface area contributed by atoms with Gasteiger partial charge in [0.1, 0.15) is 12.0 Å². The summed E-state index contributed by atoms with van der Waals surface area (Å²) in [6.45, 7) is 1.48. The molecule has 0 radical (unpaired) electrons. The van der Waals surface area contributed by atoms with Gasteiger partial charge in [-0.15, -0.1) is 0 Å². The Morgan fingerprint density at radius 2 is 2.04 bits per heavy atom. The van der Waals surface area contributed by atoms with Crippen molar-refractivity contribution in [2.45, 2.75) is 12.5 Å². The molecule has 0 bridgehead atoms. The lowest BCUT2D eigenvalue weighted by atomic mass is 10.1. The normalized spacial score (nSPS) is 16.3. The second-order valence-corrected chi connectivity index (χ2v) is 6.68. The Morgan fingerprint density at radius 3 is 2.74 bits per heavy atom. The minimum Gasteiger partial charge on any atom is -0.508 e. The van der Waals surface area contributed by atoms with Crippen LogP contribution in [0.5, 0.6) is 5.75 Å². The molecule has 0 aliphatic carbocycles. The van der Waals surface area contributed by atoms with Crippen LogP contribution in [0.25, 0.3) is 0 Å². The largest absolute Gasteiger partial charge is 0.508 e. The number of phenolic OH excluding ortho intramolecular Hbond substituents is 1. The third-order valence-electron chi connectivity index (χ3n) is 3.75. The van der Waals surface area contributed by atoms with Crippen LogP contribution in [0.3, 0.4) is 0 Å². The molecule has 1 aromatic carbocycles. The highest BCUT2D eigenvalue weighted by molar-refractivity contribution is 7.99. The molecule has 122 valence electrons. The molecule has 1 aliphatic heterocycles. The van der Waals surface area contributed by atoms with E-state index in [-0.39, 0.29) is 11.7 Å². The van der Waals surface area contributed by atoms with E-state index in [9.17, 15) is 9.90 Å². The number of aromatic nitrogens is 1. The van der Waals surface area contributed by atoms with Crippen LogP contribution in [0.2, 0.25) is 0 Å². The fourth-order valence-electron chi connectivity index (χ4n) is 2.46. The van der Waals surface area contributed by atoms with Crippen molar-refractivity contribution in [3.63, 3.8) is 0 Å². The maximum atomic E-state index is 12.4. The molecule has 6 nitrogen and oxygen atoms in total. The first-order valence-corrected chi connectivity index (χ1v) is 8.65. The third-order valence-corrected chi connectivity index (χ3v) is 4.69. The minimum atomic E-state index is -0.432. The molecule has 2 heterocycles. The predicted octanol–water partition coefficient (Wildman–Crippen LogP) is 1.81. The smallest absolute Gasteiger partial charge is 0.275 e. The molecular formula is C16H19N3O3S. The molecule has 7 heteroatoms. The molecule has 1 saturated heterocycles. The van der Waals surface area contributed by atoms with E-state index in [1.54, 1.807) is 29.2 Å². The van der Waals surface area contributed by atoms with Crippen molar-refractivity contribution in [3.8, 4) is 5.75 Å². The number of oxazole rings is 1. The second-order valence-electron chi connectivity index (χ2n) is 5.45. The number of rotatable bonds is 4. The van der Waals surface area contributed by atoms with Gasteiger partial charge < -0.3 is 20.2 Å². The molecule has 2 aromatic rings. The van der Waals surface area contributed by atoms with Gasteiger partial charge >= 0.3 is 0 Å². The first kappa shape index (κ1) is 15.9. The van der Waals surface area contributed by atoms with E-state index in [1.807, 2.05) is 11.8 Å². The molecule has 23 heavy (non-hydrogen) atoms. The lowest BCUT2D eigenvalue weighted by Crippen LogP contribution is -2.38. The third kappa shape index (κ3) is 3.86. The van der Waals surface area contributed by atoms with Gasteiger partial charge in [0.05, 0.1) is 6.04 Å². The summed E-state index contributed by atoms with van der Waals surface area (Å²) >= 11 is 1.85. The molecule has 1 atom stereocenters. The molecule has 1 fully saturated rings. The van der Waals surface area contributed by atoms with Crippen molar-refractivity contribution in [3.05, 3.63) is 47.7 Å². The maximum Gasteiger partial charge on any atom is 0.275 e. The maximum absolute atomic E-state index is 12.4. The standard InChI is InChI=1S/C16H19N3O3S/c17-13(9-11-1-3-12(20)4-2-11)15-18-14(10-22-15)16(21)19-5-7-23-8-6-19/h1-4,10,13,20H,5-9,17H2. The van der Waals surface area contributed by atoms with Crippen LogP contribution in [0.1, 0.15) is 28.0 Å². The van der Waals surface area contributed by atoms with Crippen LogP contribution >= 0.6 is 11.8 Å². The number of phenols is 1. The molecule has 3 rings (SSSR count). The molecule has 3 N–H and O–H groups in total. The quantitative estimate of drug-likeness (QED) is 0.886. The van der Waals surface area contributed by atoms with Crippen LogP contribution in [0.15, 0.2) is 34.9 Å². The molecule has 0 spiro atoms. The van der Waals surface area contributed by atoms with Crippen molar-refractivity contribution in [2.24, 2.45) is 5.73 Å². The Kier molecular flexibility index (Phi) is 4.88. The van der Waals surface area contributed by atoms with E-state index in [4.69, 9.17) is 10.2 Å². The Balaban J connectivity index is 1.65. The van der Waals surface area contributed by atoms with Gasteiger partial charge in [-0.1, -0.05) is 12.1 Å². The number of benzene rings is 1. The van der Waals surface area contributed by atoms with E-state index in [0.29, 0.717) is 18.0 Å². The van der Waals surface area contributed by atoms with Crippen LogP contribution in [-0.4, -0.2) is 45.5 Å². The first-order chi connectivity index (χ1) is 11.1. The molecule has 1 amide bonds. The van der Waals surface area contributed by atoms with Gasteiger partial charge in [0, 0.05) is 24.6 Å². The SMILES string of the molecule is NC(Cc1ccc(O)cc1)c1nc(C(=O)N2CCSCC2)co1. The Morgan fingerprint density at radius 1 is 1.35 bits per heavy atom. The van der Waals surface area contributed by atoms with Gasteiger partial charge in [0.2, 0.25) is 5.89 Å². The average Bonchev–Trinajstić information content (AvgIpc) is 3.07. The number of carbonyl (C=O) groups excluding carboxylic acids is 1. The van der Waals surface area contributed by atoms with Gasteiger partial charge in [-0.2, -0.15) is 11.8 Å². The lowest BCUT2D eigenvalue weighted by molar-refractivity contribution is 0.0766. The topological polar surface area (TPSA) is 92.6 Å². The fourth-order valence-corrected chi connectivity index (χ4v) is 3.36. The van der Waals surface area contributed by atoms with E-state index in [1.165, 1.54) is 6.26 Å². The Bertz CT molecular complexity index is 665. The summed E-state index contributed by atoms with van der Waals surface area (Å²) in [5.41, 5.74) is 7.39. The van der Waals surface area contributed by atoms with Gasteiger partial charge in [-0.05, 0) is 24.1 Å². The highest BCUT2D eigenvalue weighted by Crippen LogP contribution is 2.19. The van der Waals surface area contributed by atoms with E-state index in [2.05, 4.69) is 4.98 Å². The monoisotopic (exact) mass is 333 g/mol. The van der Waals surface area contributed by atoms with Crippen LogP contribution in [0.4, 0.5) is 0 Å². The van der Waals surface area contributed by atoms with E-state index < -0.39 is 6.04 Å². The summed E-state index contributed by atoms with van der Waals surface area (Å²) < 4.78 is 5.40. The number of hydrogen-bond donors (Lipinski definition) is 2. The number of amides is 1. The van der Waals surface area contributed by atoms with Gasteiger partial charge in [0.25, 0.3) is 5.91 Å². The number of thioether (sulfide) groups is 1. The summed E-state index contributed by atoms with van der Waals surface area (Å²) in [5, 5.41) is 9.29. The Hall–Kier alpha value is -1.99. The van der Waals surface area contributed by atoms with Crippen molar-refractivity contribution < 1.29 is 14.3 Å². The first-order valence-electron chi connectivity index (χ1n) is 7.49. The second kappa shape index (κ2) is 7.06. The van der Waals surface area contributed by atoms with Crippen LogP contribution in [0, 0.1) is 0 Å². The van der Waals surface area contributed by atoms with Gasteiger partial charge in [0.15, 0.2) is 5.69 Å². The van der Waals surface area contributed by atoms with E-state index in [0.717, 1.165) is 30.2 Å². The van der Waals surface area contributed by atoms with Crippen molar-refractivity contribution >= 4 is 17.7 Å². The average molecular weight is 333 g/mol. The lowest BCUT2D eigenvalue weighted by Gasteiger charge is -2.25. The number of nitrogens with two attached hydrogens (primary N) is 1. The van der Waals surface area contributed by atoms with Crippen molar-refractivity contribution in [1.82, 2.24) is 9.88 Å². The number of carbonyl (C=O) groups is 1. The fraction of sp³-hybridized carbons (Fsp3) is 0.375. The zero-order valence-electron chi connectivity index (χ0n) is 12.6. The molecule has 1 unspecified atom stereocenters. The van der Waals surface area contributed by atoms with Crippen molar-refractivity contribution in [1.29, 1.82) is 0 Å². The van der Waals surface area contributed by atoms with Gasteiger partial charge in [-0.25, -0.2) is 4.98 Å². The summed E-state index contributed by atoms with van der Waals surface area (Å²) in [6.07, 6.45) is 1.91. The minimum absolute atomic E-state index is 0.0999. The zero-order valence-corrected chi connectivity index (χ0v) is 13.5. The molecule has 1 aliphatic rings. The number of aromatic hydroxyl groups is 1. The van der Waals surface area contributed by atoms with Crippen LogP contribution in [-0.2, 0) is 6.42 Å². The summed E-state index contributed by atoms with van der Waals surface area (Å²) in [4.78, 5) is 18.4. The van der Waals surface area contributed by atoms with Crippen molar-refractivity contribution in [2.75, 3.05) is 24.6 Å². The molecule has 0 saturated carbocycles. The van der Waals surface area contributed by atoms with E-state index >= 15 is 0 Å². The molecular weight excluding hydrogens is 314 g/mol. The number of nitrogens with zero attached hydrogens (tertiary/aromatic N) is 2. The number of hydrogen-bond acceptors (Lipinski definition) is 6. The summed E-state index contributed by atoms with van der Waals surface area (Å²) in [6, 6.07) is 6.39. The predicted molar refractivity (Wildman–Crippen MR) is 88.5 cm³/mol. The highest BCUT2D eigenvalue weighted by atomic mass is 32.2. The Labute approximate surface area is 138 Å².